The summed E-state index contributed by atoms with van der Waals surface area (Å²) in [6, 6.07) is 33.4. The number of nitrogens with one attached hydrogen (secondary N) is 2. The summed E-state index contributed by atoms with van der Waals surface area (Å²) in [6.45, 7) is 11.8. The smallest absolute Gasteiger partial charge is 0.247 e. The Morgan fingerprint density at radius 3 is 2.24 bits per heavy atom. The maximum absolute atomic E-state index is 12.5. The quantitative estimate of drug-likeness (QED) is 0.161. The highest BCUT2D eigenvalue weighted by molar-refractivity contribution is 6.17. The molecule has 4 heteroatoms. The second-order valence-electron chi connectivity index (χ2n) is 12.8. The fourth-order valence-corrected chi connectivity index (χ4v) is 7.21. The van der Waals surface area contributed by atoms with E-state index in [0.717, 1.165) is 45.6 Å². The van der Waals surface area contributed by atoms with Crippen LogP contribution in [0.3, 0.4) is 0 Å². The van der Waals surface area contributed by atoms with Crippen molar-refractivity contribution >= 4 is 50.2 Å². The highest BCUT2D eigenvalue weighted by Gasteiger charge is 2.32. The van der Waals surface area contributed by atoms with Gasteiger partial charge in [0.1, 0.15) is 5.78 Å². The van der Waals surface area contributed by atoms with Gasteiger partial charge in [-0.1, -0.05) is 97.6 Å². The number of anilines is 2. The SMILES string of the molecule is C=CC(=O)Nc1cc2c3c(ccc2c2ccccc12)C(C(C)=O)CCC3c1ccccc1.CC1=CC(C)(C)Nc2ccccc21. The molecule has 2 aliphatic rings. The Labute approximate surface area is 265 Å². The number of allylic oxidation sites excluding steroid dienone is 1. The molecule has 0 bridgehead atoms. The summed E-state index contributed by atoms with van der Waals surface area (Å²) in [5, 5.41) is 10.8. The Kier molecular flexibility index (Phi) is 8.16. The fourth-order valence-electron chi connectivity index (χ4n) is 7.21. The number of ketones is 1. The molecule has 1 aliphatic heterocycles. The summed E-state index contributed by atoms with van der Waals surface area (Å²) in [5.41, 5.74) is 8.35. The first-order valence-electron chi connectivity index (χ1n) is 15.7. The van der Waals surface area contributed by atoms with Crippen molar-refractivity contribution in [2.24, 2.45) is 0 Å². The van der Waals surface area contributed by atoms with Crippen molar-refractivity contribution in [3.05, 3.63) is 138 Å². The molecule has 2 N–H and O–H groups in total. The molecule has 1 aliphatic carbocycles. The molecule has 0 fully saturated rings. The summed E-state index contributed by atoms with van der Waals surface area (Å²) < 4.78 is 0. The third-order valence-electron chi connectivity index (χ3n) is 9.11. The normalized spacial score (nSPS) is 17.9. The number of fused-ring (bicyclic) bond motifs is 6. The Morgan fingerprint density at radius 2 is 1.51 bits per heavy atom. The number of carbonyl (C=O) groups is 2. The Hall–Kier alpha value is -4.96. The lowest BCUT2D eigenvalue weighted by Crippen LogP contribution is -2.31. The van der Waals surface area contributed by atoms with E-state index >= 15 is 0 Å². The highest BCUT2D eigenvalue weighted by Crippen LogP contribution is 2.47. The van der Waals surface area contributed by atoms with E-state index in [-0.39, 0.29) is 29.1 Å². The van der Waals surface area contributed by atoms with Crippen molar-refractivity contribution in [2.75, 3.05) is 10.6 Å². The van der Waals surface area contributed by atoms with E-state index in [9.17, 15) is 9.59 Å². The largest absolute Gasteiger partial charge is 0.376 e. The zero-order chi connectivity index (χ0) is 31.7. The number of rotatable bonds is 4. The van der Waals surface area contributed by atoms with Gasteiger partial charge >= 0.3 is 0 Å². The lowest BCUT2D eigenvalue weighted by molar-refractivity contribution is -0.118. The molecule has 7 rings (SSSR count). The molecule has 0 aromatic heterocycles. The van der Waals surface area contributed by atoms with Crippen LogP contribution in [0.1, 0.15) is 74.6 Å². The van der Waals surface area contributed by atoms with Gasteiger partial charge in [-0.15, -0.1) is 0 Å². The molecule has 45 heavy (non-hydrogen) atoms. The summed E-state index contributed by atoms with van der Waals surface area (Å²) in [4.78, 5) is 24.7. The predicted octanol–water partition coefficient (Wildman–Crippen LogP) is 10.0. The van der Waals surface area contributed by atoms with Crippen molar-refractivity contribution in [2.45, 2.75) is 57.9 Å². The topological polar surface area (TPSA) is 58.2 Å². The number of Topliss-reactive ketones (excluding diaryl/α,β-unsaturated/α-hetero) is 1. The summed E-state index contributed by atoms with van der Waals surface area (Å²) in [7, 11) is 0. The van der Waals surface area contributed by atoms with Gasteiger partial charge in [-0.3, -0.25) is 9.59 Å². The van der Waals surface area contributed by atoms with Crippen LogP contribution in [0.5, 0.6) is 0 Å². The molecule has 5 aromatic rings. The molecule has 0 spiro atoms. The van der Waals surface area contributed by atoms with Crippen LogP contribution in [0.25, 0.3) is 27.1 Å². The maximum Gasteiger partial charge on any atom is 0.247 e. The summed E-state index contributed by atoms with van der Waals surface area (Å²) in [5.74, 6) is 0.0836. The molecule has 5 aromatic carbocycles. The van der Waals surface area contributed by atoms with E-state index in [2.05, 4.69) is 117 Å². The Morgan fingerprint density at radius 1 is 0.844 bits per heavy atom. The lowest BCUT2D eigenvalue weighted by atomic mass is 9.71. The third-order valence-corrected chi connectivity index (χ3v) is 9.11. The van der Waals surface area contributed by atoms with E-state index in [1.807, 2.05) is 24.3 Å². The average Bonchev–Trinajstić information content (AvgIpc) is 3.04. The Bertz CT molecular complexity index is 1970. The second kappa shape index (κ2) is 12.2. The van der Waals surface area contributed by atoms with Crippen LogP contribution in [0.15, 0.2) is 116 Å². The van der Waals surface area contributed by atoms with Crippen LogP contribution >= 0.6 is 0 Å². The summed E-state index contributed by atoms with van der Waals surface area (Å²) >= 11 is 0. The monoisotopic (exact) mass is 592 g/mol. The number of amides is 1. The van der Waals surface area contributed by atoms with Crippen LogP contribution in [0.4, 0.5) is 11.4 Å². The standard InChI is InChI=1S/C29H25NO2.C12H15N/c1-3-28(32)30-27-17-26-23(22-11-7-8-12-24(22)27)15-16-25-20(18(2)31)13-14-21(29(25)26)19-9-5-4-6-10-19;1-9-8-12(2,3)13-11-7-5-4-6-10(9)11/h3-12,15-17,20-21H,1,13-14H2,2H3,(H,30,32);4-8,13H,1-3H3. The minimum absolute atomic E-state index is 0.0818. The zero-order valence-electron chi connectivity index (χ0n) is 26.5. The molecule has 226 valence electrons. The molecule has 0 saturated heterocycles. The van der Waals surface area contributed by atoms with E-state index in [4.69, 9.17) is 0 Å². The molecule has 4 nitrogen and oxygen atoms in total. The van der Waals surface area contributed by atoms with Crippen LogP contribution in [-0.2, 0) is 9.59 Å². The van der Waals surface area contributed by atoms with Gasteiger partial charge in [0.15, 0.2) is 0 Å². The van der Waals surface area contributed by atoms with Crippen LogP contribution in [0.2, 0.25) is 0 Å². The molecule has 2 unspecified atom stereocenters. The molecule has 0 radical (unpaired) electrons. The minimum atomic E-state index is -0.236. The molecule has 1 amide bonds. The van der Waals surface area contributed by atoms with Crippen molar-refractivity contribution < 1.29 is 9.59 Å². The predicted molar refractivity (Wildman–Crippen MR) is 189 cm³/mol. The first-order valence-corrected chi connectivity index (χ1v) is 15.7. The van der Waals surface area contributed by atoms with Gasteiger partial charge in [-0.2, -0.15) is 0 Å². The van der Waals surface area contributed by atoms with E-state index in [1.54, 1.807) is 6.92 Å². The third kappa shape index (κ3) is 5.93. The van der Waals surface area contributed by atoms with Crippen molar-refractivity contribution in [1.29, 1.82) is 0 Å². The Balaban J connectivity index is 0.000000229. The molecule has 1 heterocycles. The minimum Gasteiger partial charge on any atom is -0.376 e. The van der Waals surface area contributed by atoms with Crippen LogP contribution < -0.4 is 10.6 Å². The van der Waals surface area contributed by atoms with Crippen LogP contribution in [0, 0.1) is 0 Å². The van der Waals surface area contributed by atoms with Gasteiger partial charge in [0.2, 0.25) is 5.91 Å². The van der Waals surface area contributed by atoms with Gasteiger partial charge in [0, 0.05) is 34.2 Å². The van der Waals surface area contributed by atoms with E-state index < -0.39 is 0 Å². The van der Waals surface area contributed by atoms with Crippen molar-refractivity contribution in [3.63, 3.8) is 0 Å². The van der Waals surface area contributed by atoms with Crippen LogP contribution in [-0.4, -0.2) is 17.2 Å². The van der Waals surface area contributed by atoms with Gasteiger partial charge in [0.25, 0.3) is 0 Å². The number of carbonyl (C=O) groups excluding carboxylic acids is 2. The molecule has 2 atom stereocenters. The highest BCUT2D eigenvalue weighted by atomic mass is 16.1. The zero-order valence-corrected chi connectivity index (χ0v) is 26.5. The van der Waals surface area contributed by atoms with Crippen molar-refractivity contribution in [1.82, 2.24) is 0 Å². The van der Waals surface area contributed by atoms with Gasteiger partial charge < -0.3 is 10.6 Å². The van der Waals surface area contributed by atoms with E-state index in [1.165, 1.54) is 34.0 Å². The number of para-hydroxylation sites is 1. The van der Waals surface area contributed by atoms with Crippen molar-refractivity contribution in [3.8, 4) is 0 Å². The first kappa shape index (κ1) is 30.1. The van der Waals surface area contributed by atoms with E-state index in [0.29, 0.717) is 0 Å². The molecule has 0 saturated carbocycles. The second-order valence-corrected chi connectivity index (χ2v) is 12.8. The maximum atomic E-state index is 12.5. The summed E-state index contributed by atoms with van der Waals surface area (Å²) in [6.07, 6.45) is 5.33. The molecular weight excluding hydrogens is 552 g/mol. The first-order chi connectivity index (χ1) is 21.7. The van der Waals surface area contributed by atoms with Gasteiger partial charge in [-0.05, 0) is 97.2 Å². The van der Waals surface area contributed by atoms with Gasteiger partial charge in [-0.25, -0.2) is 0 Å². The number of benzene rings is 5. The number of hydrogen-bond acceptors (Lipinski definition) is 3. The average molecular weight is 593 g/mol. The van der Waals surface area contributed by atoms with Gasteiger partial charge in [0.05, 0.1) is 5.54 Å². The lowest BCUT2D eigenvalue weighted by Gasteiger charge is -2.32. The fraction of sp³-hybridized carbons (Fsp3) is 0.220. The molecular formula is C41H40N2O2. The number of hydrogen-bond donors (Lipinski definition) is 2.